The molecule has 2 heterocycles. The van der Waals surface area contributed by atoms with Gasteiger partial charge in [-0.25, -0.2) is 4.79 Å². The molecule has 1 amide bonds. The Morgan fingerprint density at radius 1 is 0.900 bits per heavy atom. The van der Waals surface area contributed by atoms with E-state index in [1.165, 1.54) is 14.2 Å². The van der Waals surface area contributed by atoms with Gasteiger partial charge in [0.2, 0.25) is 12.5 Å². The summed E-state index contributed by atoms with van der Waals surface area (Å²) < 4.78 is 33.5. The Kier molecular flexibility index (Phi) is 8.83. The highest BCUT2D eigenvalue weighted by atomic mass is 16.7. The van der Waals surface area contributed by atoms with Gasteiger partial charge in [-0.3, -0.25) is 9.59 Å². The van der Waals surface area contributed by atoms with Crippen LogP contribution in [0.25, 0.3) is 0 Å². The third-order valence-electron chi connectivity index (χ3n) is 9.44. The van der Waals surface area contributed by atoms with Crippen LogP contribution in [0.2, 0.25) is 0 Å². The van der Waals surface area contributed by atoms with E-state index in [4.69, 9.17) is 28.4 Å². The molecule has 1 aliphatic carbocycles. The zero-order chi connectivity index (χ0) is 34.9. The number of phenols is 1. The Labute approximate surface area is 288 Å². The lowest BCUT2D eigenvalue weighted by Crippen LogP contribution is -2.39. The molecule has 4 aromatic rings. The van der Waals surface area contributed by atoms with E-state index in [9.17, 15) is 19.5 Å². The molecular weight excluding hydrogens is 644 g/mol. The zero-order valence-corrected chi connectivity index (χ0v) is 27.6. The number of methoxy groups -OCH3 is 2. The van der Waals surface area contributed by atoms with Crippen LogP contribution in [0.1, 0.15) is 51.5 Å². The average molecular weight is 681 g/mol. The number of fused-ring (bicyclic) bond motifs is 3. The predicted molar refractivity (Wildman–Crippen MR) is 180 cm³/mol. The van der Waals surface area contributed by atoms with Crippen molar-refractivity contribution in [2.24, 2.45) is 11.8 Å². The predicted octanol–water partition coefficient (Wildman–Crippen LogP) is 5.09. The highest BCUT2D eigenvalue weighted by molar-refractivity contribution is 5.97. The van der Waals surface area contributed by atoms with Gasteiger partial charge in [-0.2, -0.15) is 0 Å². The van der Waals surface area contributed by atoms with Gasteiger partial charge >= 0.3 is 11.9 Å². The summed E-state index contributed by atoms with van der Waals surface area (Å²) in [5.74, 6) is -1.23. The standard InChI is InChI=1S/C38H36N2O10/c1-20(37(43)47-17-21-7-5-4-6-8-21)39-36(42)22-9-11-24(12-10-22)40-34-26-16-29-28(49-19-50-29)15-25(26)32(33-27(34)18-48-38(33)44)23-13-30(45-2)35(41)31(14-23)46-3/h4-16,20,27,32-34,40-41H,17-19H2,1-3H3,(H,39,42)/t20-,27+,32-,33+,34-/m1/s1. The highest BCUT2D eigenvalue weighted by Gasteiger charge is 2.52. The van der Waals surface area contributed by atoms with E-state index >= 15 is 0 Å². The largest absolute Gasteiger partial charge is 0.502 e. The van der Waals surface area contributed by atoms with Crippen LogP contribution in [-0.2, 0) is 25.7 Å². The number of amides is 1. The van der Waals surface area contributed by atoms with Gasteiger partial charge in [0.25, 0.3) is 5.91 Å². The van der Waals surface area contributed by atoms with E-state index in [1.807, 2.05) is 42.5 Å². The molecule has 0 saturated carbocycles. The van der Waals surface area contributed by atoms with Gasteiger partial charge in [-0.05, 0) is 77.7 Å². The molecule has 12 nitrogen and oxygen atoms in total. The van der Waals surface area contributed by atoms with Crippen molar-refractivity contribution in [3.05, 3.63) is 107 Å². The topological polar surface area (TPSA) is 151 Å². The molecule has 0 spiro atoms. The minimum atomic E-state index is -0.853. The molecule has 7 rings (SSSR count). The van der Waals surface area contributed by atoms with Gasteiger partial charge < -0.3 is 44.2 Å². The van der Waals surface area contributed by atoms with Crippen molar-refractivity contribution in [3.8, 4) is 28.7 Å². The van der Waals surface area contributed by atoms with E-state index in [-0.39, 0.29) is 55.2 Å². The normalized spacial score (nSPS) is 20.5. The van der Waals surface area contributed by atoms with Crippen LogP contribution in [0.3, 0.4) is 0 Å². The summed E-state index contributed by atoms with van der Waals surface area (Å²) in [5.41, 5.74) is 4.33. The molecule has 0 aromatic heterocycles. The van der Waals surface area contributed by atoms with Crippen LogP contribution in [0.4, 0.5) is 5.69 Å². The molecule has 12 heteroatoms. The fourth-order valence-electron chi connectivity index (χ4n) is 6.93. The van der Waals surface area contributed by atoms with Gasteiger partial charge in [0.1, 0.15) is 12.6 Å². The van der Waals surface area contributed by atoms with Crippen molar-refractivity contribution >= 4 is 23.5 Å². The highest BCUT2D eigenvalue weighted by Crippen LogP contribution is 2.56. The van der Waals surface area contributed by atoms with Gasteiger partial charge in [-0.15, -0.1) is 0 Å². The monoisotopic (exact) mass is 680 g/mol. The number of esters is 2. The molecule has 0 radical (unpaired) electrons. The number of carbonyl (C=O) groups excluding carboxylic acids is 3. The second kappa shape index (κ2) is 13.5. The minimum Gasteiger partial charge on any atom is -0.502 e. The first kappa shape index (κ1) is 32.6. The van der Waals surface area contributed by atoms with Gasteiger partial charge in [0.15, 0.2) is 23.0 Å². The van der Waals surface area contributed by atoms with E-state index in [0.29, 0.717) is 28.3 Å². The SMILES string of the molecule is COc1cc([C@@H]2c3cc4c(cc3[C@@H](Nc3ccc(C(=O)N[C@H](C)C(=O)OCc5ccccc5)cc3)[C@H]3COC(=O)[C@H]23)OCO4)cc(OC)c1O. The maximum atomic E-state index is 13.5. The summed E-state index contributed by atoms with van der Waals surface area (Å²) in [5, 5.41) is 16.9. The lowest BCUT2D eigenvalue weighted by Gasteiger charge is -2.40. The number of hydrogen-bond donors (Lipinski definition) is 3. The summed E-state index contributed by atoms with van der Waals surface area (Å²) in [6, 6.07) is 22.2. The zero-order valence-electron chi connectivity index (χ0n) is 27.6. The number of ether oxygens (including phenoxy) is 6. The number of benzene rings is 4. The van der Waals surface area contributed by atoms with Crippen molar-refractivity contribution in [2.45, 2.75) is 31.5 Å². The van der Waals surface area contributed by atoms with Gasteiger partial charge in [-0.1, -0.05) is 30.3 Å². The molecule has 0 bridgehead atoms. The Morgan fingerprint density at radius 3 is 2.22 bits per heavy atom. The second-order valence-corrected chi connectivity index (χ2v) is 12.4. The Balaban J connectivity index is 1.14. The second-order valence-electron chi connectivity index (χ2n) is 12.4. The first-order valence-electron chi connectivity index (χ1n) is 16.2. The van der Waals surface area contributed by atoms with Crippen molar-refractivity contribution in [1.82, 2.24) is 5.32 Å². The molecule has 1 saturated heterocycles. The summed E-state index contributed by atoms with van der Waals surface area (Å²) in [7, 11) is 2.91. The smallest absolute Gasteiger partial charge is 0.328 e. The minimum absolute atomic E-state index is 0.0730. The lowest BCUT2D eigenvalue weighted by atomic mass is 9.65. The number of nitrogens with one attached hydrogen (secondary N) is 2. The molecule has 258 valence electrons. The number of cyclic esters (lactones) is 1. The van der Waals surface area contributed by atoms with Crippen LogP contribution in [0, 0.1) is 11.8 Å². The van der Waals surface area contributed by atoms with E-state index in [2.05, 4.69) is 10.6 Å². The van der Waals surface area contributed by atoms with Crippen molar-refractivity contribution in [3.63, 3.8) is 0 Å². The van der Waals surface area contributed by atoms with Gasteiger partial charge in [0.05, 0.1) is 32.8 Å². The third-order valence-corrected chi connectivity index (χ3v) is 9.44. The molecule has 1 fully saturated rings. The molecule has 3 aliphatic rings. The molecular formula is C38H36N2O10. The molecule has 4 aromatic carbocycles. The van der Waals surface area contributed by atoms with Crippen molar-refractivity contribution in [1.29, 1.82) is 0 Å². The van der Waals surface area contributed by atoms with Crippen LogP contribution < -0.4 is 29.6 Å². The van der Waals surface area contributed by atoms with Crippen LogP contribution in [-0.4, -0.2) is 56.6 Å². The number of hydrogen-bond acceptors (Lipinski definition) is 11. The molecule has 5 atom stereocenters. The third kappa shape index (κ3) is 6.08. The number of rotatable bonds is 10. The van der Waals surface area contributed by atoms with Crippen LogP contribution >= 0.6 is 0 Å². The average Bonchev–Trinajstić information content (AvgIpc) is 3.76. The summed E-state index contributed by atoms with van der Waals surface area (Å²) in [4.78, 5) is 39.0. The summed E-state index contributed by atoms with van der Waals surface area (Å²) in [6.45, 7) is 1.94. The molecule has 0 unspecified atom stereocenters. The van der Waals surface area contributed by atoms with Crippen LogP contribution in [0.15, 0.2) is 78.9 Å². The maximum Gasteiger partial charge on any atom is 0.328 e. The fraction of sp³-hybridized carbons (Fsp3) is 0.289. The van der Waals surface area contributed by atoms with E-state index in [1.54, 1.807) is 43.3 Å². The summed E-state index contributed by atoms with van der Waals surface area (Å²) >= 11 is 0. The molecule has 50 heavy (non-hydrogen) atoms. The Bertz CT molecular complexity index is 1910. The van der Waals surface area contributed by atoms with E-state index in [0.717, 1.165) is 16.7 Å². The quantitative estimate of drug-likeness (QED) is 0.192. The maximum absolute atomic E-state index is 13.5. The Hall–Kier alpha value is -5.91. The van der Waals surface area contributed by atoms with Gasteiger partial charge in [0, 0.05) is 23.1 Å². The lowest BCUT2D eigenvalue weighted by molar-refractivity contribution is -0.146. The van der Waals surface area contributed by atoms with Crippen LogP contribution in [0.5, 0.6) is 28.7 Å². The molecule has 2 aliphatic heterocycles. The Morgan fingerprint density at radius 2 is 1.56 bits per heavy atom. The first-order chi connectivity index (χ1) is 24.2. The van der Waals surface area contributed by atoms with E-state index < -0.39 is 29.8 Å². The summed E-state index contributed by atoms with van der Waals surface area (Å²) in [6.07, 6.45) is 0. The van der Waals surface area contributed by atoms with Crippen molar-refractivity contribution in [2.75, 3.05) is 32.9 Å². The number of carbonyl (C=O) groups is 3. The number of phenolic OH excluding ortho intramolecular Hbond substituents is 1. The molecule has 3 N–H and O–H groups in total. The number of aromatic hydroxyl groups is 1. The first-order valence-corrected chi connectivity index (χ1v) is 16.2. The fourth-order valence-corrected chi connectivity index (χ4v) is 6.93. The van der Waals surface area contributed by atoms with Crippen molar-refractivity contribution < 1.29 is 47.9 Å². The number of anilines is 1.